The minimum Gasteiger partial charge on any atom is -0.494 e. The van der Waals surface area contributed by atoms with Crippen LogP contribution in [0.4, 0.5) is 4.39 Å². The molecule has 0 unspecified atom stereocenters. The fraction of sp³-hybridized carbons (Fsp3) is 0.500. The summed E-state index contributed by atoms with van der Waals surface area (Å²) in [6.45, 7) is 1.59. The second kappa shape index (κ2) is 7.77. The first-order chi connectivity index (χ1) is 10.6. The zero-order valence-electron chi connectivity index (χ0n) is 12.5. The summed E-state index contributed by atoms with van der Waals surface area (Å²) in [6, 6.07) is 5.80. The van der Waals surface area contributed by atoms with Crippen molar-refractivity contribution in [1.29, 1.82) is 0 Å². The number of nitrogens with two attached hydrogens (primary N) is 1. The van der Waals surface area contributed by atoms with Gasteiger partial charge in [0.2, 0.25) is 11.8 Å². The van der Waals surface area contributed by atoms with E-state index in [1.165, 1.54) is 12.1 Å². The van der Waals surface area contributed by atoms with Gasteiger partial charge in [0.05, 0.1) is 6.61 Å². The van der Waals surface area contributed by atoms with Crippen LogP contribution in [0.1, 0.15) is 25.7 Å². The average molecular weight is 308 g/mol. The van der Waals surface area contributed by atoms with Gasteiger partial charge in [0.15, 0.2) is 0 Å². The second-order valence-corrected chi connectivity index (χ2v) is 5.46. The molecular weight excluding hydrogens is 287 g/mol. The maximum atomic E-state index is 12.7. The third-order valence-electron chi connectivity index (χ3n) is 3.87. The molecule has 6 heteroatoms. The van der Waals surface area contributed by atoms with Crippen LogP contribution in [0, 0.1) is 11.7 Å². The Kier molecular flexibility index (Phi) is 5.75. The van der Waals surface area contributed by atoms with Crippen molar-refractivity contribution in [2.45, 2.75) is 25.7 Å². The monoisotopic (exact) mass is 308 g/mol. The van der Waals surface area contributed by atoms with Gasteiger partial charge in [0, 0.05) is 25.4 Å². The van der Waals surface area contributed by atoms with Crippen LogP contribution in [0.15, 0.2) is 24.3 Å². The predicted molar refractivity (Wildman–Crippen MR) is 79.6 cm³/mol. The standard InChI is InChI=1S/C16H21FN2O3/c17-13-3-5-14(6-4-13)22-11-1-2-15(20)19-9-7-12(8-10-19)16(18)21/h3-6,12H,1-2,7-11H2,(H2,18,21). The molecule has 120 valence electrons. The van der Waals surface area contributed by atoms with Gasteiger partial charge in [0.25, 0.3) is 0 Å². The second-order valence-electron chi connectivity index (χ2n) is 5.46. The largest absolute Gasteiger partial charge is 0.494 e. The predicted octanol–water partition coefficient (Wildman–Crippen LogP) is 1.71. The smallest absolute Gasteiger partial charge is 0.222 e. The number of halogens is 1. The molecule has 0 atom stereocenters. The van der Waals surface area contributed by atoms with Gasteiger partial charge in [-0.15, -0.1) is 0 Å². The Morgan fingerprint density at radius 1 is 1.23 bits per heavy atom. The van der Waals surface area contributed by atoms with E-state index in [-0.39, 0.29) is 23.5 Å². The van der Waals surface area contributed by atoms with Gasteiger partial charge in [-0.1, -0.05) is 0 Å². The van der Waals surface area contributed by atoms with Gasteiger partial charge in [0.1, 0.15) is 11.6 Å². The number of carbonyl (C=O) groups is 2. The molecule has 0 aromatic heterocycles. The molecule has 5 nitrogen and oxygen atoms in total. The van der Waals surface area contributed by atoms with Crippen LogP contribution in [0.25, 0.3) is 0 Å². The zero-order valence-corrected chi connectivity index (χ0v) is 12.5. The minimum absolute atomic E-state index is 0.0747. The van der Waals surface area contributed by atoms with Crippen LogP contribution in [0.5, 0.6) is 5.75 Å². The topological polar surface area (TPSA) is 72.6 Å². The van der Waals surface area contributed by atoms with E-state index >= 15 is 0 Å². The number of benzene rings is 1. The van der Waals surface area contributed by atoms with E-state index in [0.717, 1.165) is 0 Å². The fourth-order valence-corrected chi connectivity index (χ4v) is 2.52. The molecule has 1 fully saturated rings. The number of primary amides is 1. The SMILES string of the molecule is NC(=O)C1CCN(C(=O)CCCOc2ccc(F)cc2)CC1. The summed E-state index contributed by atoms with van der Waals surface area (Å²) in [6.07, 6.45) is 2.30. The quantitative estimate of drug-likeness (QED) is 0.813. The van der Waals surface area contributed by atoms with Crippen molar-refractivity contribution in [3.63, 3.8) is 0 Å². The molecule has 0 aliphatic carbocycles. The molecule has 22 heavy (non-hydrogen) atoms. The first-order valence-corrected chi connectivity index (χ1v) is 7.51. The van der Waals surface area contributed by atoms with Crippen molar-refractivity contribution in [3.8, 4) is 5.75 Å². The van der Waals surface area contributed by atoms with Crippen LogP contribution in [-0.2, 0) is 9.59 Å². The highest BCUT2D eigenvalue weighted by Crippen LogP contribution is 2.18. The molecule has 0 radical (unpaired) electrons. The number of hydrogen-bond acceptors (Lipinski definition) is 3. The van der Waals surface area contributed by atoms with E-state index in [4.69, 9.17) is 10.5 Å². The third kappa shape index (κ3) is 4.72. The summed E-state index contributed by atoms with van der Waals surface area (Å²) in [7, 11) is 0. The lowest BCUT2D eigenvalue weighted by Crippen LogP contribution is -2.41. The average Bonchev–Trinajstić information content (AvgIpc) is 2.53. The Labute approximate surface area is 129 Å². The van der Waals surface area contributed by atoms with Gasteiger partial charge in [-0.2, -0.15) is 0 Å². The van der Waals surface area contributed by atoms with Crippen LogP contribution in [0.3, 0.4) is 0 Å². The van der Waals surface area contributed by atoms with Crippen LogP contribution in [0.2, 0.25) is 0 Å². The molecular formula is C16H21FN2O3. The van der Waals surface area contributed by atoms with Gasteiger partial charge in [-0.25, -0.2) is 4.39 Å². The number of rotatable bonds is 6. The Morgan fingerprint density at radius 3 is 2.45 bits per heavy atom. The molecule has 0 bridgehead atoms. The van der Waals surface area contributed by atoms with Crippen molar-refractivity contribution in [2.75, 3.05) is 19.7 Å². The van der Waals surface area contributed by atoms with Gasteiger partial charge >= 0.3 is 0 Å². The molecule has 1 heterocycles. The first kappa shape index (κ1) is 16.3. The number of piperidine rings is 1. The molecule has 1 saturated heterocycles. The lowest BCUT2D eigenvalue weighted by atomic mass is 9.96. The highest BCUT2D eigenvalue weighted by molar-refractivity contribution is 5.78. The summed E-state index contributed by atoms with van der Waals surface area (Å²) in [5.74, 6) is -0.0192. The molecule has 0 spiro atoms. The van der Waals surface area contributed by atoms with Crippen molar-refractivity contribution in [3.05, 3.63) is 30.1 Å². The Morgan fingerprint density at radius 2 is 1.86 bits per heavy atom. The molecule has 2 amide bonds. The normalized spacial score (nSPS) is 15.6. The van der Waals surface area contributed by atoms with Crippen molar-refractivity contribution in [1.82, 2.24) is 4.90 Å². The lowest BCUT2D eigenvalue weighted by Gasteiger charge is -2.30. The highest BCUT2D eigenvalue weighted by Gasteiger charge is 2.25. The van der Waals surface area contributed by atoms with E-state index < -0.39 is 0 Å². The van der Waals surface area contributed by atoms with Crippen LogP contribution in [-0.4, -0.2) is 36.4 Å². The number of amides is 2. The number of ether oxygens (including phenoxy) is 1. The molecule has 1 aromatic rings. The molecule has 2 rings (SSSR count). The van der Waals surface area contributed by atoms with E-state index in [1.54, 1.807) is 17.0 Å². The lowest BCUT2D eigenvalue weighted by molar-refractivity contribution is -0.135. The number of likely N-dealkylation sites (tertiary alicyclic amines) is 1. The summed E-state index contributed by atoms with van der Waals surface area (Å²) in [5.41, 5.74) is 5.27. The summed E-state index contributed by atoms with van der Waals surface area (Å²) in [5, 5.41) is 0. The van der Waals surface area contributed by atoms with E-state index in [0.29, 0.717) is 51.1 Å². The Hall–Kier alpha value is -2.11. The molecule has 1 aliphatic heterocycles. The highest BCUT2D eigenvalue weighted by atomic mass is 19.1. The van der Waals surface area contributed by atoms with E-state index in [9.17, 15) is 14.0 Å². The van der Waals surface area contributed by atoms with Crippen molar-refractivity contribution < 1.29 is 18.7 Å². The molecule has 1 aliphatic rings. The maximum Gasteiger partial charge on any atom is 0.222 e. The van der Waals surface area contributed by atoms with Gasteiger partial charge < -0.3 is 15.4 Å². The Bertz CT molecular complexity index is 511. The Balaban J connectivity index is 1.64. The molecule has 2 N–H and O–H groups in total. The van der Waals surface area contributed by atoms with Crippen molar-refractivity contribution in [2.24, 2.45) is 11.7 Å². The first-order valence-electron chi connectivity index (χ1n) is 7.51. The maximum absolute atomic E-state index is 12.7. The summed E-state index contributed by atoms with van der Waals surface area (Å²) >= 11 is 0. The van der Waals surface area contributed by atoms with Crippen molar-refractivity contribution >= 4 is 11.8 Å². The van der Waals surface area contributed by atoms with Crippen LogP contribution < -0.4 is 10.5 Å². The summed E-state index contributed by atoms with van der Waals surface area (Å²) < 4.78 is 18.2. The van der Waals surface area contributed by atoms with Gasteiger partial charge in [-0.3, -0.25) is 9.59 Å². The fourth-order valence-electron chi connectivity index (χ4n) is 2.52. The molecule has 0 saturated carbocycles. The van der Waals surface area contributed by atoms with Gasteiger partial charge in [-0.05, 0) is 43.5 Å². The third-order valence-corrected chi connectivity index (χ3v) is 3.87. The number of hydrogen-bond donors (Lipinski definition) is 1. The number of carbonyl (C=O) groups excluding carboxylic acids is 2. The minimum atomic E-state index is -0.304. The van der Waals surface area contributed by atoms with E-state index in [2.05, 4.69) is 0 Å². The summed E-state index contributed by atoms with van der Waals surface area (Å²) in [4.78, 5) is 24.9. The number of nitrogens with zero attached hydrogens (tertiary/aromatic N) is 1. The molecule has 1 aromatic carbocycles. The zero-order chi connectivity index (χ0) is 15.9. The van der Waals surface area contributed by atoms with Crippen LogP contribution >= 0.6 is 0 Å². The van der Waals surface area contributed by atoms with E-state index in [1.807, 2.05) is 0 Å².